The van der Waals surface area contributed by atoms with Crippen LogP contribution in [-0.2, 0) is 17.5 Å². The fraction of sp³-hybridized carbons (Fsp3) is 0.562. The molecule has 0 bridgehead atoms. The summed E-state index contributed by atoms with van der Waals surface area (Å²) < 4.78 is 38.5. The second-order valence-corrected chi connectivity index (χ2v) is 6.60. The molecular formula is C16H20ClF3N2O. The van der Waals surface area contributed by atoms with Crippen LogP contribution in [0.25, 0.3) is 0 Å². The maximum atomic E-state index is 12.8. The number of benzene rings is 1. The van der Waals surface area contributed by atoms with Crippen molar-refractivity contribution in [2.45, 2.75) is 26.1 Å². The van der Waals surface area contributed by atoms with E-state index in [9.17, 15) is 18.0 Å². The van der Waals surface area contributed by atoms with Crippen LogP contribution in [0.3, 0.4) is 0 Å². The van der Waals surface area contributed by atoms with E-state index in [-0.39, 0.29) is 10.9 Å². The van der Waals surface area contributed by atoms with Gasteiger partial charge in [0.2, 0.25) is 5.91 Å². The first kappa shape index (κ1) is 18.1. The topological polar surface area (TPSA) is 23.6 Å². The summed E-state index contributed by atoms with van der Waals surface area (Å²) in [6, 6.07) is 3.63. The van der Waals surface area contributed by atoms with E-state index >= 15 is 0 Å². The molecule has 1 aromatic carbocycles. The normalized spacial score (nSPS) is 18.7. The third-order valence-electron chi connectivity index (χ3n) is 4.04. The van der Waals surface area contributed by atoms with Gasteiger partial charge < -0.3 is 9.80 Å². The van der Waals surface area contributed by atoms with Gasteiger partial charge in [-0.15, -0.1) is 0 Å². The number of carbonyl (C=O) groups is 1. The van der Waals surface area contributed by atoms with E-state index in [4.69, 9.17) is 11.6 Å². The van der Waals surface area contributed by atoms with E-state index in [2.05, 4.69) is 0 Å². The highest BCUT2D eigenvalue weighted by atomic mass is 35.5. The summed E-state index contributed by atoms with van der Waals surface area (Å²) in [7, 11) is 1.87. The largest absolute Gasteiger partial charge is 0.416 e. The van der Waals surface area contributed by atoms with Crippen LogP contribution in [0.2, 0.25) is 5.02 Å². The molecule has 1 saturated heterocycles. The zero-order chi connectivity index (χ0) is 17.2. The van der Waals surface area contributed by atoms with E-state index in [1.165, 1.54) is 0 Å². The smallest absolute Gasteiger partial charge is 0.343 e. The summed E-state index contributed by atoms with van der Waals surface area (Å²) in [5.74, 6) is 0.421. The lowest BCUT2D eigenvalue weighted by molar-refractivity contribution is -0.137. The molecule has 1 heterocycles. The van der Waals surface area contributed by atoms with Gasteiger partial charge in [0.1, 0.15) is 0 Å². The Morgan fingerprint density at radius 3 is 2.65 bits per heavy atom. The molecule has 1 atom stereocenters. The quantitative estimate of drug-likeness (QED) is 0.829. The average Bonchev–Trinajstić information content (AvgIpc) is 2.85. The van der Waals surface area contributed by atoms with Crippen LogP contribution in [0.4, 0.5) is 13.2 Å². The van der Waals surface area contributed by atoms with Crippen LogP contribution in [0.5, 0.6) is 0 Å². The number of hydrogen-bond donors (Lipinski definition) is 0. The van der Waals surface area contributed by atoms with Gasteiger partial charge in [0, 0.05) is 38.1 Å². The molecule has 0 N–H and O–H groups in total. The van der Waals surface area contributed by atoms with Crippen LogP contribution < -0.4 is 0 Å². The van der Waals surface area contributed by atoms with Crippen molar-refractivity contribution in [1.82, 2.24) is 9.80 Å². The first-order valence-electron chi connectivity index (χ1n) is 7.46. The zero-order valence-electron chi connectivity index (χ0n) is 13.2. The first-order chi connectivity index (χ1) is 10.6. The predicted octanol–water partition coefficient (Wildman–Crippen LogP) is 3.66. The van der Waals surface area contributed by atoms with E-state index in [1.54, 1.807) is 17.9 Å². The summed E-state index contributed by atoms with van der Waals surface area (Å²) in [5.41, 5.74) is -0.189. The van der Waals surface area contributed by atoms with Crippen molar-refractivity contribution in [2.75, 3.05) is 26.7 Å². The first-order valence-corrected chi connectivity index (χ1v) is 7.83. The number of amides is 1. The Balaban J connectivity index is 1.97. The Morgan fingerprint density at radius 1 is 1.39 bits per heavy atom. The molecule has 0 aliphatic carbocycles. The molecule has 3 nitrogen and oxygen atoms in total. The minimum absolute atomic E-state index is 0.0693. The number of alkyl halides is 3. The number of halogens is 4. The van der Waals surface area contributed by atoms with Crippen LogP contribution in [-0.4, -0.2) is 42.4 Å². The lowest BCUT2D eigenvalue weighted by Crippen LogP contribution is -2.30. The SMILES string of the molecule is CC(=O)N1CC[C@H](CN(C)Cc2cc(Cl)cc(C(F)(F)F)c2)C1. The van der Waals surface area contributed by atoms with Crippen molar-refractivity contribution < 1.29 is 18.0 Å². The Labute approximate surface area is 139 Å². The monoisotopic (exact) mass is 348 g/mol. The number of likely N-dealkylation sites (tertiary alicyclic amines) is 1. The van der Waals surface area contributed by atoms with E-state index in [0.29, 0.717) is 24.6 Å². The number of carbonyl (C=O) groups excluding carboxylic acids is 1. The molecular weight excluding hydrogens is 329 g/mol. The second-order valence-electron chi connectivity index (χ2n) is 6.16. The Kier molecular flexibility index (Phi) is 5.57. The Hall–Kier alpha value is -1.27. The molecule has 7 heteroatoms. The van der Waals surface area contributed by atoms with E-state index in [0.717, 1.165) is 31.6 Å². The van der Waals surface area contributed by atoms with Gasteiger partial charge in [0.25, 0.3) is 0 Å². The summed E-state index contributed by atoms with van der Waals surface area (Å²) in [6.45, 7) is 4.14. The molecule has 0 aromatic heterocycles. The van der Waals surface area contributed by atoms with Gasteiger partial charge in [0.15, 0.2) is 0 Å². The van der Waals surface area contributed by atoms with Crippen molar-refractivity contribution in [3.05, 3.63) is 34.3 Å². The number of hydrogen-bond acceptors (Lipinski definition) is 2. The van der Waals surface area contributed by atoms with Gasteiger partial charge in [-0.3, -0.25) is 4.79 Å². The van der Waals surface area contributed by atoms with E-state index < -0.39 is 11.7 Å². The van der Waals surface area contributed by atoms with Crippen molar-refractivity contribution in [2.24, 2.45) is 5.92 Å². The maximum absolute atomic E-state index is 12.8. The molecule has 1 fully saturated rings. The fourth-order valence-corrected chi connectivity index (χ4v) is 3.25. The minimum Gasteiger partial charge on any atom is -0.343 e. The van der Waals surface area contributed by atoms with Gasteiger partial charge in [0.05, 0.1) is 5.56 Å². The number of nitrogens with zero attached hydrogens (tertiary/aromatic N) is 2. The van der Waals surface area contributed by atoms with Crippen molar-refractivity contribution >= 4 is 17.5 Å². The molecule has 23 heavy (non-hydrogen) atoms. The van der Waals surface area contributed by atoms with Gasteiger partial charge in [-0.1, -0.05) is 11.6 Å². The van der Waals surface area contributed by atoms with Gasteiger partial charge in [-0.2, -0.15) is 13.2 Å². The standard InChI is InChI=1S/C16H20ClF3N2O/c1-11(23)22-4-3-12(10-22)8-21(2)9-13-5-14(16(18,19)20)7-15(17)6-13/h5-7,12H,3-4,8-10H2,1-2H3/t12-/m1/s1. The molecule has 1 amide bonds. The van der Waals surface area contributed by atoms with E-state index in [1.807, 2.05) is 11.9 Å². The molecule has 2 rings (SSSR count). The maximum Gasteiger partial charge on any atom is 0.416 e. The molecule has 0 unspecified atom stereocenters. The predicted molar refractivity (Wildman–Crippen MR) is 83.1 cm³/mol. The molecule has 1 aromatic rings. The highest BCUT2D eigenvalue weighted by Gasteiger charge is 2.31. The molecule has 0 radical (unpaired) electrons. The highest BCUT2D eigenvalue weighted by Crippen LogP contribution is 2.32. The molecule has 128 valence electrons. The Bertz CT molecular complexity index is 577. The van der Waals surface area contributed by atoms with Crippen molar-refractivity contribution in [3.8, 4) is 0 Å². The summed E-state index contributed by atoms with van der Waals surface area (Å²) in [5, 5.41) is 0.0897. The average molecular weight is 349 g/mol. The van der Waals surface area contributed by atoms with Crippen molar-refractivity contribution in [1.29, 1.82) is 0 Å². The molecule has 0 spiro atoms. The van der Waals surface area contributed by atoms with Crippen LogP contribution in [0.1, 0.15) is 24.5 Å². The third kappa shape index (κ3) is 5.11. The third-order valence-corrected chi connectivity index (χ3v) is 4.26. The van der Waals surface area contributed by atoms with Gasteiger partial charge in [-0.25, -0.2) is 0 Å². The highest BCUT2D eigenvalue weighted by molar-refractivity contribution is 6.30. The Morgan fingerprint density at radius 2 is 2.09 bits per heavy atom. The summed E-state index contributed by atoms with van der Waals surface area (Å²) >= 11 is 5.80. The molecule has 0 saturated carbocycles. The van der Waals surface area contributed by atoms with Gasteiger partial charge >= 0.3 is 6.18 Å². The second kappa shape index (κ2) is 7.09. The molecule has 1 aliphatic rings. The zero-order valence-corrected chi connectivity index (χ0v) is 13.9. The molecule has 1 aliphatic heterocycles. The lowest BCUT2D eigenvalue weighted by atomic mass is 10.1. The minimum atomic E-state index is -4.40. The lowest BCUT2D eigenvalue weighted by Gasteiger charge is -2.22. The summed E-state index contributed by atoms with van der Waals surface area (Å²) in [4.78, 5) is 15.1. The van der Waals surface area contributed by atoms with Crippen LogP contribution in [0, 0.1) is 5.92 Å². The summed E-state index contributed by atoms with van der Waals surface area (Å²) in [6.07, 6.45) is -3.47. The van der Waals surface area contributed by atoms with Crippen LogP contribution in [0.15, 0.2) is 18.2 Å². The van der Waals surface area contributed by atoms with Crippen LogP contribution >= 0.6 is 11.6 Å². The van der Waals surface area contributed by atoms with Gasteiger partial charge in [-0.05, 0) is 43.1 Å². The van der Waals surface area contributed by atoms with Crippen molar-refractivity contribution in [3.63, 3.8) is 0 Å². The fourth-order valence-electron chi connectivity index (χ4n) is 2.99. The number of rotatable bonds is 4.